The summed E-state index contributed by atoms with van der Waals surface area (Å²) in [6.07, 6.45) is 5.53. The summed E-state index contributed by atoms with van der Waals surface area (Å²) >= 11 is 0. The van der Waals surface area contributed by atoms with Gasteiger partial charge in [-0.15, -0.1) is 0 Å². The Labute approximate surface area is 106 Å². The molecule has 4 unspecified atom stereocenters. The summed E-state index contributed by atoms with van der Waals surface area (Å²) in [6, 6.07) is 1.90. The van der Waals surface area contributed by atoms with Gasteiger partial charge in [0.15, 0.2) is 0 Å². The summed E-state index contributed by atoms with van der Waals surface area (Å²) in [4.78, 5) is 2.66. The van der Waals surface area contributed by atoms with Crippen molar-refractivity contribution >= 4 is 0 Å². The molecule has 2 fully saturated rings. The smallest absolute Gasteiger partial charge is 0.0728 e. The lowest BCUT2D eigenvalue weighted by molar-refractivity contribution is -0.000969. The Bertz CT molecular complexity index is 228. The minimum absolute atomic E-state index is 0.470. The van der Waals surface area contributed by atoms with Gasteiger partial charge in [-0.05, 0) is 33.1 Å². The maximum absolute atomic E-state index is 5.85. The van der Waals surface area contributed by atoms with Crippen molar-refractivity contribution in [1.82, 2.24) is 10.2 Å². The fraction of sp³-hybridized carbons (Fsp3) is 1.00. The van der Waals surface area contributed by atoms with Gasteiger partial charge in [0.1, 0.15) is 0 Å². The van der Waals surface area contributed by atoms with E-state index in [9.17, 15) is 0 Å². The summed E-state index contributed by atoms with van der Waals surface area (Å²) in [5.41, 5.74) is 0. The second-order valence-corrected chi connectivity index (χ2v) is 5.73. The van der Waals surface area contributed by atoms with Crippen LogP contribution in [0.15, 0.2) is 0 Å². The van der Waals surface area contributed by atoms with E-state index >= 15 is 0 Å². The molecule has 2 aliphatic heterocycles. The van der Waals surface area contributed by atoms with E-state index in [2.05, 4.69) is 31.0 Å². The molecule has 3 nitrogen and oxygen atoms in total. The average Bonchev–Trinajstić information content (AvgIpc) is 2.85. The van der Waals surface area contributed by atoms with Crippen LogP contribution in [0, 0.1) is 0 Å². The second kappa shape index (κ2) is 6.17. The first-order valence-electron chi connectivity index (χ1n) is 7.33. The molecule has 2 aliphatic rings. The molecule has 17 heavy (non-hydrogen) atoms. The van der Waals surface area contributed by atoms with Crippen LogP contribution in [0.4, 0.5) is 0 Å². The Kier molecular flexibility index (Phi) is 4.83. The Morgan fingerprint density at radius 2 is 2.29 bits per heavy atom. The largest absolute Gasteiger partial charge is 0.377 e. The molecule has 100 valence electrons. The van der Waals surface area contributed by atoms with Crippen molar-refractivity contribution in [3.05, 3.63) is 0 Å². The van der Waals surface area contributed by atoms with Crippen molar-refractivity contribution < 1.29 is 4.74 Å². The second-order valence-electron chi connectivity index (χ2n) is 5.73. The van der Waals surface area contributed by atoms with Crippen molar-refractivity contribution in [2.24, 2.45) is 0 Å². The van der Waals surface area contributed by atoms with Crippen molar-refractivity contribution in [3.8, 4) is 0 Å². The van der Waals surface area contributed by atoms with Crippen LogP contribution in [-0.2, 0) is 4.74 Å². The number of nitrogens with one attached hydrogen (secondary N) is 1. The fourth-order valence-corrected chi connectivity index (χ4v) is 3.26. The van der Waals surface area contributed by atoms with Gasteiger partial charge in [-0.1, -0.05) is 13.3 Å². The van der Waals surface area contributed by atoms with E-state index in [1.54, 1.807) is 0 Å². The molecule has 0 aromatic carbocycles. The standard InChI is InChI=1S/C14H28N2O/c1-4-6-13-10-16(11(2)9-15-13)12(3)14-7-5-8-17-14/h11-15H,4-10H2,1-3H3. The van der Waals surface area contributed by atoms with E-state index in [-0.39, 0.29) is 0 Å². The van der Waals surface area contributed by atoms with Crippen molar-refractivity contribution in [1.29, 1.82) is 0 Å². The maximum Gasteiger partial charge on any atom is 0.0728 e. The third-order valence-corrected chi connectivity index (χ3v) is 4.36. The quantitative estimate of drug-likeness (QED) is 0.813. The van der Waals surface area contributed by atoms with Gasteiger partial charge in [0.2, 0.25) is 0 Å². The predicted octanol–water partition coefficient (Wildman–Crippen LogP) is 2.02. The van der Waals surface area contributed by atoms with Crippen LogP contribution in [0.3, 0.4) is 0 Å². The minimum atomic E-state index is 0.470. The Morgan fingerprint density at radius 1 is 1.47 bits per heavy atom. The summed E-state index contributed by atoms with van der Waals surface area (Å²) in [5, 5.41) is 3.66. The van der Waals surface area contributed by atoms with Gasteiger partial charge in [0.25, 0.3) is 0 Å². The summed E-state index contributed by atoms with van der Waals surface area (Å²) in [7, 11) is 0. The number of rotatable bonds is 4. The number of piperazine rings is 1. The van der Waals surface area contributed by atoms with E-state index in [0.717, 1.165) is 13.2 Å². The highest BCUT2D eigenvalue weighted by molar-refractivity contribution is 4.90. The van der Waals surface area contributed by atoms with Crippen molar-refractivity contribution in [2.45, 2.75) is 70.7 Å². The number of hydrogen-bond acceptors (Lipinski definition) is 3. The molecule has 0 aromatic rings. The SMILES string of the molecule is CCCC1CN(C(C)C2CCCO2)C(C)CN1. The molecule has 0 radical (unpaired) electrons. The zero-order valence-electron chi connectivity index (χ0n) is 11.6. The van der Waals surface area contributed by atoms with Crippen LogP contribution in [0.1, 0.15) is 46.5 Å². The third kappa shape index (κ3) is 3.21. The van der Waals surface area contributed by atoms with Crippen LogP contribution in [0.2, 0.25) is 0 Å². The number of nitrogens with zero attached hydrogens (tertiary/aromatic N) is 1. The van der Waals surface area contributed by atoms with Gasteiger partial charge in [0.05, 0.1) is 6.10 Å². The summed E-state index contributed by atoms with van der Waals surface area (Å²) < 4.78 is 5.85. The summed E-state index contributed by atoms with van der Waals surface area (Å²) in [6.45, 7) is 10.2. The molecular formula is C14H28N2O. The average molecular weight is 240 g/mol. The van der Waals surface area contributed by atoms with Gasteiger partial charge >= 0.3 is 0 Å². The van der Waals surface area contributed by atoms with Crippen LogP contribution < -0.4 is 5.32 Å². The first-order chi connectivity index (χ1) is 8.22. The van der Waals surface area contributed by atoms with E-state index in [1.165, 1.54) is 32.2 Å². The Balaban J connectivity index is 1.91. The zero-order chi connectivity index (χ0) is 12.3. The van der Waals surface area contributed by atoms with Crippen LogP contribution in [-0.4, -0.2) is 48.8 Å². The van der Waals surface area contributed by atoms with Gasteiger partial charge in [-0.3, -0.25) is 4.90 Å². The van der Waals surface area contributed by atoms with Gasteiger partial charge in [0, 0.05) is 37.8 Å². The first kappa shape index (κ1) is 13.3. The van der Waals surface area contributed by atoms with Gasteiger partial charge in [-0.2, -0.15) is 0 Å². The highest BCUT2D eigenvalue weighted by atomic mass is 16.5. The number of hydrogen-bond donors (Lipinski definition) is 1. The lowest BCUT2D eigenvalue weighted by Gasteiger charge is -2.43. The van der Waals surface area contributed by atoms with E-state index in [4.69, 9.17) is 4.74 Å². The van der Waals surface area contributed by atoms with Crippen LogP contribution >= 0.6 is 0 Å². The molecule has 3 heteroatoms. The molecule has 0 amide bonds. The normalized spacial score (nSPS) is 37.2. The van der Waals surface area contributed by atoms with Crippen LogP contribution in [0.5, 0.6) is 0 Å². The lowest BCUT2D eigenvalue weighted by atomic mass is 10.0. The molecular weight excluding hydrogens is 212 g/mol. The molecule has 0 aromatic heterocycles. The van der Waals surface area contributed by atoms with Crippen LogP contribution in [0.25, 0.3) is 0 Å². The molecule has 0 aliphatic carbocycles. The number of ether oxygens (including phenoxy) is 1. The molecule has 2 rings (SSSR count). The molecule has 1 N–H and O–H groups in total. The highest BCUT2D eigenvalue weighted by Gasteiger charge is 2.33. The Hall–Kier alpha value is -0.120. The first-order valence-corrected chi connectivity index (χ1v) is 7.33. The molecule has 0 bridgehead atoms. The molecule has 2 heterocycles. The van der Waals surface area contributed by atoms with Crippen molar-refractivity contribution in [3.63, 3.8) is 0 Å². The monoisotopic (exact) mass is 240 g/mol. The maximum atomic E-state index is 5.85. The lowest BCUT2D eigenvalue weighted by Crippen LogP contribution is -2.59. The van der Waals surface area contributed by atoms with E-state index in [0.29, 0.717) is 24.2 Å². The van der Waals surface area contributed by atoms with E-state index in [1.807, 2.05) is 0 Å². The molecule has 4 atom stereocenters. The summed E-state index contributed by atoms with van der Waals surface area (Å²) in [5.74, 6) is 0. The topological polar surface area (TPSA) is 24.5 Å². The fourth-order valence-electron chi connectivity index (χ4n) is 3.26. The Morgan fingerprint density at radius 3 is 2.94 bits per heavy atom. The molecule has 0 spiro atoms. The predicted molar refractivity (Wildman–Crippen MR) is 71.3 cm³/mol. The van der Waals surface area contributed by atoms with Gasteiger partial charge < -0.3 is 10.1 Å². The minimum Gasteiger partial charge on any atom is -0.377 e. The van der Waals surface area contributed by atoms with E-state index < -0.39 is 0 Å². The van der Waals surface area contributed by atoms with Gasteiger partial charge in [-0.25, -0.2) is 0 Å². The molecule has 2 saturated heterocycles. The zero-order valence-corrected chi connectivity index (χ0v) is 11.6. The highest BCUT2D eigenvalue weighted by Crippen LogP contribution is 2.23. The third-order valence-electron chi connectivity index (χ3n) is 4.36. The molecule has 0 saturated carbocycles. The van der Waals surface area contributed by atoms with Crippen molar-refractivity contribution in [2.75, 3.05) is 19.7 Å².